The normalized spacial score (nSPS) is 17.5. The standard InChI is InChI=1S/C17H27N3/c1-13(2)14(3)12-17(20-15(4)10-11-18-20)19-16-8-6-5-7-9-16/h10-13,16,19H,3,5-9H2,1-2,4H3/b17-12-. The highest BCUT2D eigenvalue weighted by Gasteiger charge is 2.16. The Balaban J connectivity index is 2.20. The van der Waals surface area contributed by atoms with Gasteiger partial charge in [0.1, 0.15) is 5.82 Å². The average Bonchev–Trinajstić information content (AvgIpc) is 2.85. The van der Waals surface area contributed by atoms with E-state index in [1.54, 1.807) is 0 Å². The summed E-state index contributed by atoms with van der Waals surface area (Å²) in [5.41, 5.74) is 2.29. The fourth-order valence-corrected chi connectivity index (χ4v) is 2.58. The zero-order valence-corrected chi connectivity index (χ0v) is 13.0. The number of aryl methyl sites for hydroxylation is 1. The molecule has 2 rings (SSSR count). The van der Waals surface area contributed by atoms with Gasteiger partial charge in [0.15, 0.2) is 0 Å². The highest BCUT2D eigenvalue weighted by Crippen LogP contribution is 2.21. The lowest BCUT2D eigenvalue weighted by molar-refractivity contribution is 0.403. The van der Waals surface area contributed by atoms with Crippen molar-refractivity contribution < 1.29 is 0 Å². The molecule has 0 radical (unpaired) electrons. The first-order valence-electron chi connectivity index (χ1n) is 7.76. The van der Waals surface area contributed by atoms with Crippen LogP contribution in [-0.4, -0.2) is 15.8 Å². The third kappa shape index (κ3) is 3.75. The fourth-order valence-electron chi connectivity index (χ4n) is 2.58. The van der Waals surface area contributed by atoms with Crippen LogP contribution in [0.15, 0.2) is 30.5 Å². The van der Waals surface area contributed by atoms with E-state index < -0.39 is 0 Å². The van der Waals surface area contributed by atoms with Gasteiger partial charge in [0.25, 0.3) is 0 Å². The van der Waals surface area contributed by atoms with Crippen molar-refractivity contribution in [3.63, 3.8) is 0 Å². The molecule has 1 fully saturated rings. The smallest absolute Gasteiger partial charge is 0.128 e. The minimum absolute atomic E-state index is 0.453. The monoisotopic (exact) mass is 273 g/mol. The number of aromatic nitrogens is 2. The van der Waals surface area contributed by atoms with Gasteiger partial charge in [-0.1, -0.05) is 39.7 Å². The van der Waals surface area contributed by atoms with Gasteiger partial charge in [0, 0.05) is 17.9 Å². The molecule has 0 unspecified atom stereocenters. The molecule has 0 aliphatic heterocycles. The Morgan fingerprint density at radius 1 is 1.40 bits per heavy atom. The van der Waals surface area contributed by atoms with Crippen LogP contribution in [0.5, 0.6) is 0 Å². The Labute approximate surface area is 122 Å². The Morgan fingerprint density at radius 3 is 2.65 bits per heavy atom. The molecule has 0 amide bonds. The minimum atomic E-state index is 0.453. The second-order valence-electron chi connectivity index (χ2n) is 6.12. The summed E-state index contributed by atoms with van der Waals surface area (Å²) in [5, 5.41) is 8.12. The van der Waals surface area contributed by atoms with E-state index in [9.17, 15) is 0 Å². The van der Waals surface area contributed by atoms with Gasteiger partial charge < -0.3 is 5.32 Å². The van der Waals surface area contributed by atoms with Gasteiger partial charge >= 0.3 is 0 Å². The fraction of sp³-hybridized carbons (Fsp3) is 0.588. The Hall–Kier alpha value is -1.51. The van der Waals surface area contributed by atoms with Crippen molar-refractivity contribution in [2.45, 2.75) is 58.9 Å². The van der Waals surface area contributed by atoms with Crippen LogP contribution in [0.3, 0.4) is 0 Å². The predicted octanol–water partition coefficient (Wildman–Crippen LogP) is 4.12. The Morgan fingerprint density at radius 2 is 2.10 bits per heavy atom. The third-order valence-electron chi connectivity index (χ3n) is 4.08. The van der Waals surface area contributed by atoms with Gasteiger partial charge in [-0.2, -0.15) is 5.10 Å². The number of nitrogens with one attached hydrogen (secondary N) is 1. The molecule has 1 heterocycles. The SMILES string of the molecule is C=C(/C=C(/NC1CCCCC1)n1nccc1C)C(C)C. The summed E-state index contributed by atoms with van der Waals surface area (Å²) in [6.07, 6.45) is 10.5. The van der Waals surface area contributed by atoms with E-state index in [1.165, 1.54) is 32.1 Å². The maximum Gasteiger partial charge on any atom is 0.128 e. The lowest BCUT2D eigenvalue weighted by Crippen LogP contribution is -2.32. The van der Waals surface area contributed by atoms with Gasteiger partial charge in [-0.3, -0.25) is 0 Å². The topological polar surface area (TPSA) is 29.9 Å². The summed E-state index contributed by atoms with van der Waals surface area (Å²) in [4.78, 5) is 0. The van der Waals surface area contributed by atoms with E-state index in [-0.39, 0.29) is 0 Å². The molecule has 1 aromatic rings. The van der Waals surface area contributed by atoms with Crippen LogP contribution in [0.4, 0.5) is 0 Å². The van der Waals surface area contributed by atoms with Crippen molar-refractivity contribution in [1.29, 1.82) is 0 Å². The molecule has 20 heavy (non-hydrogen) atoms. The van der Waals surface area contributed by atoms with Crippen molar-refractivity contribution in [3.8, 4) is 0 Å². The van der Waals surface area contributed by atoms with Crippen LogP contribution >= 0.6 is 0 Å². The summed E-state index contributed by atoms with van der Waals surface area (Å²) in [6.45, 7) is 10.6. The van der Waals surface area contributed by atoms with E-state index >= 15 is 0 Å². The Kier molecular flexibility index (Phi) is 5.05. The third-order valence-corrected chi connectivity index (χ3v) is 4.08. The molecule has 110 valence electrons. The molecule has 1 aliphatic carbocycles. The maximum absolute atomic E-state index is 4.44. The zero-order valence-electron chi connectivity index (χ0n) is 13.0. The van der Waals surface area contributed by atoms with Gasteiger partial charge in [-0.05, 0) is 43.4 Å². The second-order valence-corrected chi connectivity index (χ2v) is 6.12. The first-order chi connectivity index (χ1) is 9.58. The van der Waals surface area contributed by atoms with Crippen molar-refractivity contribution >= 4 is 5.82 Å². The van der Waals surface area contributed by atoms with Crippen LogP contribution in [0.2, 0.25) is 0 Å². The van der Waals surface area contributed by atoms with E-state index in [4.69, 9.17) is 0 Å². The first kappa shape index (κ1) is 14.9. The van der Waals surface area contributed by atoms with E-state index in [1.807, 2.05) is 16.9 Å². The van der Waals surface area contributed by atoms with Gasteiger partial charge in [-0.25, -0.2) is 4.68 Å². The lowest BCUT2D eigenvalue weighted by atomic mass is 9.95. The van der Waals surface area contributed by atoms with Crippen molar-refractivity contribution in [1.82, 2.24) is 15.1 Å². The largest absolute Gasteiger partial charge is 0.367 e. The highest BCUT2D eigenvalue weighted by atomic mass is 15.3. The highest BCUT2D eigenvalue weighted by molar-refractivity contribution is 5.49. The van der Waals surface area contributed by atoms with Gasteiger partial charge in [0.05, 0.1) is 0 Å². The van der Waals surface area contributed by atoms with Crippen molar-refractivity contribution in [3.05, 3.63) is 36.2 Å². The zero-order chi connectivity index (χ0) is 14.5. The molecule has 1 N–H and O–H groups in total. The number of hydrogen-bond acceptors (Lipinski definition) is 2. The predicted molar refractivity (Wildman–Crippen MR) is 85.2 cm³/mol. The maximum atomic E-state index is 4.44. The summed E-state index contributed by atoms with van der Waals surface area (Å²) in [6, 6.07) is 2.60. The van der Waals surface area contributed by atoms with E-state index in [0.29, 0.717) is 12.0 Å². The molecule has 0 spiro atoms. The van der Waals surface area contributed by atoms with Crippen molar-refractivity contribution in [2.75, 3.05) is 0 Å². The summed E-state index contributed by atoms with van der Waals surface area (Å²) in [5.74, 6) is 1.52. The van der Waals surface area contributed by atoms with Crippen LogP contribution in [0.25, 0.3) is 5.82 Å². The average molecular weight is 273 g/mol. The van der Waals surface area contributed by atoms with E-state index in [0.717, 1.165) is 17.1 Å². The van der Waals surface area contributed by atoms with Gasteiger partial charge in [-0.15, -0.1) is 0 Å². The Bertz CT molecular complexity index is 476. The number of hydrogen-bond donors (Lipinski definition) is 1. The number of rotatable bonds is 5. The molecule has 3 heteroatoms. The molecular formula is C17H27N3. The van der Waals surface area contributed by atoms with Crippen LogP contribution < -0.4 is 5.32 Å². The summed E-state index contributed by atoms with van der Waals surface area (Å²) in [7, 11) is 0. The quantitative estimate of drug-likeness (QED) is 0.818. The van der Waals surface area contributed by atoms with Crippen molar-refractivity contribution in [2.24, 2.45) is 5.92 Å². The molecule has 0 bridgehead atoms. The molecule has 1 aromatic heterocycles. The van der Waals surface area contributed by atoms with E-state index in [2.05, 4.69) is 43.8 Å². The summed E-state index contributed by atoms with van der Waals surface area (Å²) < 4.78 is 1.99. The molecule has 0 aromatic carbocycles. The molecule has 1 aliphatic rings. The minimum Gasteiger partial charge on any atom is -0.367 e. The molecule has 1 saturated carbocycles. The molecule has 0 atom stereocenters. The number of nitrogens with zero attached hydrogens (tertiary/aromatic N) is 2. The first-order valence-corrected chi connectivity index (χ1v) is 7.76. The lowest BCUT2D eigenvalue weighted by Gasteiger charge is -2.26. The van der Waals surface area contributed by atoms with Gasteiger partial charge in [0.2, 0.25) is 0 Å². The van der Waals surface area contributed by atoms with Crippen LogP contribution in [0.1, 0.15) is 51.6 Å². The molecule has 0 saturated heterocycles. The molecular weight excluding hydrogens is 246 g/mol. The number of allylic oxidation sites excluding steroid dienone is 2. The van der Waals surface area contributed by atoms with Crippen LogP contribution in [-0.2, 0) is 0 Å². The van der Waals surface area contributed by atoms with Crippen LogP contribution in [0, 0.1) is 12.8 Å². The molecule has 3 nitrogen and oxygen atoms in total. The second kappa shape index (κ2) is 6.78. The summed E-state index contributed by atoms with van der Waals surface area (Å²) >= 11 is 0.